The Kier molecular flexibility index (Phi) is 2.45. The minimum atomic E-state index is 0.568. The number of hydrogen-bond acceptors (Lipinski definition) is 3. The molecule has 2 rings (SSSR count). The summed E-state index contributed by atoms with van der Waals surface area (Å²) in [6.07, 6.45) is 3.75. The lowest BCUT2D eigenvalue weighted by Gasteiger charge is -2.35. The first kappa shape index (κ1) is 8.51. The fourth-order valence-electron chi connectivity index (χ4n) is 1.75. The average Bonchev–Trinajstić information content (AvgIpc) is 2.20. The summed E-state index contributed by atoms with van der Waals surface area (Å²) in [5.74, 6) is 0. The van der Waals surface area contributed by atoms with Gasteiger partial charge in [-0.05, 0) is 19.1 Å². The van der Waals surface area contributed by atoms with Crippen LogP contribution < -0.4 is 10.2 Å². The van der Waals surface area contributed by atoms with Crippen LogP contribution in [-0.2, 0) is 0 Å². The highest BCUT2D eigenvalue weighted by Crippen LogP contribution is 2.15. The van der Waals surface area contributed by atoms with Crippen LogP contribution in [0.1, 0.15) is 6.92 Å². The highest BCUT2D eigenvalue weighted by atomic mass is 15.2. The third kappa shape index (κ3) is 1.80. The molecule has 1 N–H and O–H groups in total. The van der Waals surface area contributed by atoms with E-state index in [2.05, 4.69) is 28.2 Å². The molecule has 1 aliphatic rings. The van der Waals surface area contributed by atoms with Crippen molar-refractivity contribution in [1.29, 1.82) is 0 Å². The normalized spacial score (nSPS) is 23.2. The fraction of sp³-hybridized carbons (Fsp3) is 0.500. The Balaban J connectivity index is 2.15. The summed E-state index contributed by atoms with van der Waals surface area (Å²) < 4.78 is 0. The molecule has 3 nitrogen and oxygen atoms in total. The minimum absolute atomic E-state index is 0.568. The van der Waals surface area contributed by atoms with Crippen molar-refractivity contribution in [2.24, 2.45) is 0 Å². The largest absolute Gasteiger partial charge is 0.365 e. The van der Waals surface area contributed by atoms with Crippen LogP contribution in [0.25, 0.3) is 0 Å². The van der Waals surface area contributed by atoms with Crippen molar-refractivity contribution in [2.75, 3.05) is 24.5 Å². The Morgan fingerprint density at radius 1 is 1.62 bits per heavy atom. The van der Waals surface area contributed by atoms with Gasteiger partial charge in [-0.15, -0.1) is 0 Å². The lowest BCUT2D eigenvalue weighted by molar-refractivity contribution is 0.500. The van der Waals surface area contributed by atoms with Gasteiger partial charge >= 0.3 is 0 Å². The van der Waals surface area contributed by atoms with E-state index in [1.54, 1.807) is 0 Å². The molecule has 1 saturated heterocycles. The number of piperazine rings is 1. The molecular formula is C10H15N3. The Bertz CT molecular complexity index is 260. The van der Waals surface area contributed by atoms with Crippen LogP contribution >= 0.6 is 0 Å². The molecule has 1 atom stereocenters. The van der Waals surface area contributed by atoms with E-state index in [-0.39, 0.29) is 0 Å². The van der Waals surface area contributed by atoms with Crippen molar-refractivity contribution < 1.29 is 0 Å². The molecule has 1 aromatic heterocycles. The van der Waals surface area contributed by atoms with Crippen LogP contribution in [0.5, 0.6) is 0 Å². The Hall–Kier alpha value is -1.09. The van der Waals surface area contributed by atoms with E-state index in [9.17, 15) is 0 Å². The molecule has 0 saturated carbocycles. The van der Waals surface area contributed by atoms with Crippen molar-refractivity contribution in [3.63, 3.8) is 0 Å². The maximum atomic E-state index is 4.13. The van der Waals surface area contributed by atoms with Crippen molar-refractivity contribution in [1.82, 2.24) is 10.3 Å². The zero-order valence-corrected chi connectivity index (χ0v) is 7.90. The van der Waals surface area contributed by atoms with Crippen LogP contribution in [0.3, 0.4) is 0 Å². The van der Waals surface area contributed by atoms with Gasteiger partial charge in [0.15, 0.2) is 0 Å². The van der Waals surface area contributed by atoms with E-state index in [0.29, 0.717) is 6.04 Å². The van der Waals surface area contributed by atoms with Crippen LogP contribution in [0.4, 0.5) is 5.69 Å². The molecule has 0 aromatic carbocycles. The van der Waals surface area contributed by atoms with Crippen molar-refractivity contribution in [2.45, 2.75) is 13.0 Å². The van der Waals surface area contributed by atoms with E-state index in [1.165, 1.54) is 5.69 Å². The summed E-state index contributed by atoms with van der Waals surface area (Å²) in [5.41, 5.74) is 1.23. The van der Waals surface area contributed by atoms with Gasteiger partial charge in [0.05, 0.1) is 11.9 Å². The van der Waals surface area contributed by atoms with Gasteiger partial charge in [-0.2, -0.15) is 0 Å². The summed E-state index contributed by atoms with van der Waals surface area (Å²) in [5, 5.41) is 3.37. The quantitative estimate of drug-likeness (QED) is 0.690. The lowest BCUT2D eigenvalue weighted by atomic mass is 10.2. The zero-order valence-electron chi connectivity index (χ0n) is 7.90. The SMILES string of the molecule is CC1CNCCN1c1cccnc1. The van der Waals surface area contributed by atoms with E-state index in [0.717, 1.165) is 19.6 Å². The molecule has 13 heavy (non-hydrogen) atoms. The predicted molar refractivity (Wildman–Crippen MR) is 53.9 cm³/mol. The minimum Gasteiger partial charge on any atom is -0.365 e. The molecule has 3 heteroatoms. The van der Waals surface area contributed by atoms with E-state index < -0.39 is 0 Å². The first-order chi connectivity index (χ1) is 6.38. The van der Waals surface area contributed by atoms with Crippen LogP contribution in [0, 0.1) is 0 Å². The first-order valence-corrected chi connectivity index (χ1v) is 4.75. The molecule has 2 heterocycles. The van der Waals surface area contributed by atoms with Gasteiger partial charge in [0.25, 0.3) is 0 Å². The third-order valence-electron chi connectivity index (χ3n) is 2.48. The standard InChI is InChI=1S/C10H15N3/c1-9-7-12-5-6-13(9)10-3-2-4-11-8-10/h2-4,8-9,12H,5-7H2,1H3. The van der Waals surface area contributed by atoms with E-state index in [4.69, 9.17) is 0 Å². The smallest absolute Gasteiger partial charge is 0.0556 e. The van der Waals surface area contributed by atoms with E-state index in [1.807, 2.05) is 18.5 Å². The van der Waals surface area contributed by atoms with Gasteiger partial charge < -0.3 is 10.2 Å². The second-order valence-corrected chi connectivity index (χ2v) is 3.46. The van der Waals surface area contributed by atoms with Crippen LogP contribution in [0.15, 0.2) is 24.5 Å². The van der Waals surface area contributed by atoms with Gasteiger partial charge in [-0.3, -0.25) is 4.98 Å². The second-order valence-electron chi connectivity index (χ2n) is 3.46. The number of pyridine rings is 1. The zero-order chi connectivity index (χ0) is 9.10. The second kappa shape index (κ2) is 3.75. The molecule has 0 radical (unpaired) electrons. The number of aromatic nitrogens is 1. The molecule has 1 aromatic rings. The van der Waals surface area contributed by atoms with Crippen molar-refractivity contribution in [3.05, 3.63) is 24.5 Å². The summed E-state index contributed by atoms with van der Waals surface area (Å²) in [6, 6.07) is 4.68. The summed E-state index contributed by atoms with van der Waals surface area (Å²) in [6.45, 7) is 5.44. The monoisotopic (exact) mass is 177 g/mol. The number of anilines is 1. The van der Waals surface area contributed by atoms with E-state index >= 15 is 0 Å². The Morgan fingerprint density at radius 2 is 2.54 bits per heavy atom. The average molecular weight is 177 g/mol. The highest BCUT2D eigenvalue weighted by Gasteiger charge is 2.17. The maximum absolute atomic E-state index is 4.13. The molecule has 1 fully saturated rings. The molecule has 1 unspecified atom stereocenters. The van der Waals surface area contributed by atoms with Crippen LogP contribution in [0.2, 0.25) is 0 Å². The van der Waals surface area contributed by atoms with Gasteiger partial charge in [-0.1, -0.05) is 0 Å². The number of nitrogens with zero attached hydrogens (tertiary/aromatic N) is 2. The molecular weight excluding hydrogens is 162 g/mol. The van der Waals surface area contributed by atoms with Gasteiger partial charge in [0, 0.05) is 31.9 Å². The molecule has 0 aliphatic carbocycles. The number of hydrogen-bond donors (Lipinski definition) is 1. The highest BCUT2D eigenvalue weighted by molar-refractivity contribution is 5.45. The molecule has 0 bridgehead atoms. The van der Waals surface area contributed by atoms with Gasteiger partial charge in [0.2, 0.25) is 0 Å². The molecule has 0 spiro atoms. The van der Waals surface area contributed by atoms with Crippen molar-refractivity contribution in [3.8, 4) is 0 Å². The van der Waals surface area contributed by atoms with Gasteiger partial charge in [-0.25, -0.2) is 0 Å². The molecule has 0 amide bonds. The Labute approximate surface area is 78.8 Å². The fourth-order valence-corrected chi connectivity index (χ4v) is 1.75. The number of rotatable bonds is 1. The first-order valence-electron chi connectivity index (χ1n) is 4.75. The predicted octanol–water partition coefficient (Wildman–Crippen LogP) is 0.880. The summed E-state index contributed by atoms with van der Waals surface area (Å²) in [4.78, 5) is 6.52. The Morgan fingerprint density at radius 3 is 3.23 bits per heavy atom. The summed E-state index contributed by atoms with van der Waals surface area (Å²) >= 11 is 0. The summed E-state index contributed by atoms with van der Waals surface area (Å²) in [7, 11) is 0. The number of nitrogens with one attached hydrogen (secondary N) is 1. The topological polar surface area (TPSA) is 28.2 Å². The third-order valence-corrected chi connectivity index (χ3v) is 2.48. The molecule has 70 valence electrons. The maximum Gasteiger partial charge on any atom is 0.0556 e. The van der Waals surface area contributed by atoms with Crippen LogP contribution in [-0.4, -0.2) is 30.7 Å². The lowest BCUT2D eigenvalue weighted by Crippen LogP contribution is -2.49. The van der Waals surface area contributed by atoms with Crippen molar-refractivity contribution >= 4 is 5.69 Å². The van der Waals surface area contributed by atoms with Gasteiger partial charge in [0.1, 0.15) is 0 Å². The molecule has 1 aliphatic heterocycles.